The van der Waals surface area contributed by atoms with Crippen molar-refractivity contribution in [2.75, 3.05) is 12.3 Å². The van der Waals surface area contributed by atoms with Gasteiger partial charge in [0.2, 0.25) is 0 Å². The quantitative estimate of drug-likeness (QED) is 0.435. The summed E-state index contributed by atoms with van der Waals surface area (Å²) in [5, 5.41) is 2.16. The number of fused-ring (bicyclic) bond motifs is 1. The van der Waals surface area contributed by atoms with Crippen molar-refractivity contribution < 1.29 is 0 Å². The number of hydrogen-bond acceptors (Lipinski definition) is 3. The van der Waals surface area contributed by atoms with Gasteiger partial charge in [0.1, 0.15) is 0 Å². The molecule has 0 aromatic rings. The Morgan fingerprint density at radius 2 is 2.83 bits per heavy atom. The molecular formula is C3H5N2S. The van der Waals surface area contributed by atoms with Crippen LogP contribution in [0.2, 0.25) is 0 Å². The summed E-state index contributed by atoms with van der Waals surface area (Å²) in [5.41, 5.74) is 4.45. The molecule has 33 valence electrons. The molecule has 2 aliphatic rings. The molecule has 2 heterocycles. The Kier molecular flexibility index (Phi) is 0.500. The van der Waals surface area contributed by atoms with Crippen LogP contribution in [-0.4, -0.2) is 17.3 Å². The van der Waals surface area contributed by atoms with Gasteiger partial charge in [-0.05, 0) is 0 Å². The van der Waals surface area contributed by atoms with E-state index in [0.717, 1.165) is 0 Å². The second kappa shape index (κ2) is 0.911. The second-order valence-corrected chi connectivity index (χ2v) is 2.50. The number of nitrogens with zero attached hydrogens (tertiary/aromatic N) is 1. The number of thioether (sulfide) groups is 1. The van der Waals surface area contributed by atoms with Crippen molar-refractivity contribution in [1.82, 2.24) is 10.4 Å². The summed E-state index contributed by atoms with van der Waals surface area (Å²) < 4.78 is 0. The van der Waals surface area contributed by atoms with E-state index in [2.05, 4.69) is 10.4 Å². The summed E-state index contributed by atoms with van der Waals surface area (Å²) in [6.07, 6.45) is 0. The van der Waals surface area contributed by atoms with Crippen molar-refractivity contribution in [3.63, 3.8) is 0 Å². The summed E-state index contributed by atoms with van der Waals surface area (Å²) in [4.78, 5) is 0. The molecule has 0 amide bonds. The van der Waals surface area contributed by atoms with Gasteiger partial charge in [-0.2, -0.15) is 0 Å². The molecule has 0 saturated carbocycles. The van der Waals surface area contributed by atoms with Gasteiger partial charge in [0.15, 0.2) is 5.50 Å². The molecule has 2 aliphatic heterocycles. The first-order valence-electron chi connectivity index (χ1n) is 2.01. The number of hydrogen-bond donors (Lipinski definition) is 1. The summed E-state index contributed by atoms with van der Waals surface area (Å²) >= 11 is 1.90. The predicted molar refractivity (Wildman–Crippen MR) is 25.5 cm³/mol. The van der Waals surface area contributed by atoms with E-state index in [9.17, 15) is 0 Å². The van der Waals surface area contributed by atoms with Gasteiger partial charge in [0, 0.05) is 12.3 Å². The molecule has 0 aromatic heterocycles. The van der Waals surface area contributed by atoms with Crippen molar-refractivity contribution in [3.05, 3.63) is 5.50 Å². The highest BCUT2D eigenvalue weighted by Gasteiger charge is 2.40. The zero-order chi connectivity index (χ0) is 3.98. The molecule has 3 heteroatoms. The number of rotatable bonds is 0. The van der Waals surface area contributed by atoms with Gasteiger partial charge >= 0.3 is 0 Å². The van der Waals surface area contributed by atoms with Crippen molar-refractivity contribution in [2.24, 2.45) is 0 Å². The van der Waals surface area contributed by atoms with Crippen LogP contribution in [0, 0.1) is 5.50 Å². The maximum absolute atomic E-state index is 3.08. The highest BCUT2D eigenvalue weighted by molar-refractivity contribution is 8.02. The highest BCUT2D eigenvalue weighted by Crippen LogP contribution is 2.36. The largest absolute Gasteiger partial charge is 0.219 e. The molecule has 0 aliphatic carbocycles. The summed E-state index contributed by atoms with van der Waals surface area (Å²) in [7, 11) is 0. The van der Waals surface area contributed by atoms with Gasteiger partial charge in [-0.15, -0.1) is 11.8 Å². The Balaban J connectivity index is 2.09. The monoisotopic (exact) mass is 101 g/mol. The van der Waals surface area contributed by atoms with E-state index >= 15 is 0 Å². The average Bonchev–Trinajstić information content (AvgIpc) is 2.17. The minimum absolute atomic E-state index is 1.21. The fraction of sp³-hybridized carbons (Fsp3) is 0.667. The van der Waals surface area contributed by atoms with Crippen LogP contribution in [0.25, 0.3) is 0 Å². The maximum Gasteiger partial charge on any atom is 0.190 e. The molecule has 1 radical (unpaired) electrons. The molecule has 0 aromatic carbocycles. The van der Waals surface area contributed by atoms with Crippen molar-refractivity contribution in [3.8, 4) is 0 Å². The zero-order valence-electron chi connectivity index (χ0n) is 3.27. The van der Waals surface area contributed by atoms with E-state index in [0.29, 0.717) is 0 Å². The Hall–Kier alpha value is 0.270. The Morgan fingerprint density at radius 1 is 1.83 bits per heavy atom. The molecule has 2 rings (SSSR count). The average molecular weight is 101 g/mol. The molecule has 6 heavy (non-hydrogen) atoms. The van der Waals surface area contributed by atoms with E-state index in [1.165, 1.54) is 17.8 Å². The van der Waals surface area contributed by atoms with Gasteiger partial charge in [-0.25, -0.2) is 10.4 Å². The third-order valence-electron chi connectivity index (χ3n) is 0.979. The second-order valence-electron chi connectivity index (χ2n) is 1.42. The third-order valence-corrected chi connectivity index (χ3v) is 1.95. The predicted octanol–water partition coefficient (Wildman–Crippen LogP) is 0.000390. The van der Waals surface area contributed by atoms with E-state index in [-0.39, 0.29) is 0 Å². The Bertz CT molecular complexity index is 67.2. The number of nitrogens with one attached hydrogen (secondary N) is 1. The molecule has 1 unspecified atom stereocenters. The smallest absolute Gasteiger partial charge is 0.190 e. The first-order valence-corrected chi connectivity index (χ1v) is 2.99. The molecule has 0 spiro atoms. The molecule has 2 fully saturated rings. The van der Waals surface area contributed by atoms with Crippen LogP contribution < -0.4 is 5.43 Å². The maximum atomic E-state index is 3.08. The van der Waals surface area contributed by atoms with Gasteiger partial charge in [-0.1, -0.05) is 0 Å². The van der Waals surface area contributed by atoms with E-state index in [1.54, 1.807) is 0 Å². The highest BCUT2D eigenvalue weighted by atomic mass is 32.2. The summed E-state index contributed by atoms with van der Waals surface area (Å²) in [6, 6.07) is 0. The first-order chi connectivity index (χ1) is 2.97. The van der Waals surface area contributed by atoms with Gasteiger partial charge < -0.3 is 0 Å². The van der Waals surface area contributed by atoms with Crippen LogP contribution in [0.3, 0.4) is 0 Å². The van der Waals surface area contributed by atoms with Crippen LogP contribution in [0.1, 0.15) is 0 Å². The lowest BCUT2D eigenvalue weighted by atomic mass is 10.8. The minimum Gasteiger partial charge on any atom is -0.219 e. The van der Waals surface area contributed by atoms with Crippen LogP contribution in [0.15, 0.2) is 0 Å². The van der Waals surface area contributed by atoms with Crippen LogP contribution >= 0.6 is 11.8 Å². The van der Waals surface area contributed by atoms with Crippen molar-refractivity contribution in [2.45, 2.75) is 0 Å². The minimum atomic E-state index is 1.21. The van der Waals surface area contributed by atoms with E-state index in [1.807, 2.05) is 11.8 Å². The van der Waals surface area contributed by atoms with Crippen molar-refractivity contribution in [1.29, 1.82) is 0 Å². The van der Waals surface area contributed by atoms with Crippen molar-refractivity contribution >= 4 is 11.8 Å². The molecular weight excluding hydrogens is 96.1 g/mol. The molecule has 2 nitrogen and oxygen atoms in total. The molecule has 2 saturated heterocycles. The lowest BCUT2D eigenvalue weighted by Gasteiger charge is -1.82. The lowest BCUT2D eigenvalue weighted by Crippen LogP contribution is -2.00. The first kappa shape index (κ1) is 3.29. The normalized spacial score (nSPS) is 43.0. The van der Waals surface area contributed by atoms with E-state index < -0.39 is 0 Å². The zero-order valence-corrected chi connectivity index (χ0v) is 4.09. The van der Waals surface area contributed by atoms with Crippen LogP contribution in [0.4, 0.5) is 0 Å². The lowest BCUT2D eigenvalue weighted by molar-refractivity contribution is 0.568. The topological polar surface area (TPSA) is 25.0 Å². The third kappa shape index (κ3) is 0.303. The van der Waals surface area contributed by atoms with E-state index in [4.69, 9.17) is 0 Å². The SMILES string of the molecule is C1CN2N[C]2S1. The fourth-order valence-corrected chi connectivity index (χ4v) is 1.48. The molecule has 1 atom stereocenters. The Morgan fingerprint density at radius 3 is 3.00 bits per heavy atom. The molecule has 1 N–H and O–H groups in total. The van der Waals surface area contributed by atoms with Crippen LogP contribution in [0.5, 0.6) is 0 Å². The fourth-order valence-electron chi connectivity index (χ4n) is 0.592. The van der Waals surface area contributed by atoms with Gasteiger partial charge in [0.25, 0.3) is 0 Å². The standard InChI is InChI=1S/C3H5N2S/c1-2-6-3-4-5(1)3/h4H,1-2H2. The number of hydrazine groups is 1. The Labute approximate surface area is 40.9 Å². The summed E-state index contributed by atoms with van der Waals surface area (Å²) in [6.45, 7) is 1.21. The van der Waals surface area contributed by atoms with Gasteiger partial charge in [-0.3, -0.25) is 0 Å². The van der Waals surface area contributed by atoms with Crippen LogP contribution in [-0.2, 0) is 0 Å². The van der Waals surface area contributed by atoms with Gasteiger partial charge in [0.05, 0.1) is 0 Å². The molecule has 0 bridgehead atoms. The summed E-state index contributed by atoms with van der Waals surface area (Å²) in [5.74, 6) is 1.28.